The number of carbonyl (C=O) groups is 1. The van der Waals surface area contributed by atoms with Crippen LogP contribution in [-0.4, -0.2) is 37.0 Å². The quantitative estimate of drug-likeness (QED) is 0.827. The summed E-state index contributed by atoms with van der Waals surface area (Å²) in [5.41, 5.74) is 1.72. The van der Waals surface area contributed by atoms with Gasteiger partial charge in [-0.25, -0.2) is 0 Å². The summed E-state index contributed by atoms with van der Waals surface area (Å²) in [4.78, 5) is 14.9. The smallest absolute Gasteiger partial charge is 0.289 e. The number of nitrogens with zero attached hydrogens (tertiary/aromatic N) is 1. The molecule has 0 radical (unpaired) electrons. The van der Waals surface area contributed by atoms with Crippen LogP contribution >= 0.6 is 15.9 Å². The summed E-state index contributed by atoms with van der Waals surface area (Å²) in [7, 11) is 0. The van der Waals surface area contributed by atoms with Crippen molar-refractivity contribution in [3.8, 4) is 0 Å². The molecule has 0 saturated carbocycles. The van der Waals surface area contributed by atoms with E-state index in [1.807, 2.05) is 30.0 Å². The Hall–Kier alpha value is -1.33. The molecule has 4 nitrogen and oxygen atoms in total. The summed E-state index contributed by atoms with van der Waals surface area (Å²) in [5, 5.41) is 4.49. The summed E-state index contributed by atoms with van der Waals surface area (Å²) in [6.07, 6.45) is 2.18. The average molecular weight is 377 g/mol. The third-order valence-electron chi connectivity index (χ3n) is 5.40. The zero-order valence-electron chi connectivity index (χ0n) is 13.3. The topological polar surface area (TPSA) is 45.5 Å². The first-order valence-corrected chi connectivity index (χ1v) is 9.11. The van der Waals surface area contributed by atoms with Gasteiger partial charge in [-0.3, -0.25) is 4.79 Å². The third kappa shape index (κ3) is 2.70. The minimum absolute atomic E-state index is 0.0442. The first kappa shape index (κ1) is 15.2. The number of halogens is 1. The van der Waals surface area contributed by atoms with Crippen LogP contribution in [0.3, 0.4) is 0 Å². The largest absolute Gasteiger partial charge is 0.451 e. The standard InChI is InChI=1S/C18H21BrN2O2/c1-11-15-8-14(19)2-3-16(15)23-17(11)18(22)21-6-4-12-9-20-10-13(12)5-7-21/h2-3,8,12-13,20H,4-7,9-10H2,1H3/t12-,13+. The lowest BCUT2D eigenvalue weighted by molar-refractivity contribution is 0.0728. The van der Waals surface area contributed by atoms with E-state index in [4.69, 9.17) is 4.42 Å². The van der Waals surface area contributed by atoms with Gasteiger partial charge in [-0.1, -0.05) is 15.9 Å². The van der Waals surface area contributed by atoms with Crippen LogP contribution in [0, 0.1) is 18.8 Å². The molecule has 0 spiro atoms. The zero-order chi connectivity index (χ0) is 16.0. The summed E-state index contributed by atoms with van der Waals surface area (Å²) in [6.45, 7) is 5.85. The fourth-order valence-electron chi connectivity index (χ4n) is 3.96. The van der Waals surface area contributed by atoms with Crippen molar-refractivity contribution >= 4 is 32.8 Å². The molecule has 122 valence electrons. The number of carbonyl (C=O) groups excluding carboxylic acids is 1. The van der Waals surface area contributed by atoms with Crippen LogP contribution < -0.4 is 5.32 Å². The first-order valence-electron chi connectivity index (χ1n) is 8.32. The molecular formula is C18H21BrN2O2. The second-order valence-corrected chi connectivity index (χ2v) is 7.66. The van der Waals surface area contributed by atoms with Crippen molar-refractivity contribution < 1.29 is 9.21 Å². The number of likely N-dealkylation sites (tertiary alicyclic amines) is 1. The predicted octanol–water partition coefficient (Wildman–Crippen LogP) is 3.58. The van der Waals surface area contributed by atoms with Gasteiger partial charge < -0.3 is 14.6 Å². The van der Waals surface area contributed by atoms with E-state index in [0.29, 0.717) is 5.76 Å². The summed E-state index contributed by atoms with van der Waals surface area (Å²) in [5.74, 6) is 1.99. The highest BCUT2D eigenvalue weighted by molar-refractivity contribution is 9.10. The first-order chi connectivity index (χ1) is 11.1. The fourth-order valence-corrected chi connectivity index (χ4v) is 4.32. The van der Waals surface area contributed by atoms with E-state index >= 15 is 0 Å². The van der Waals surface area contributed by atoms with Gasteiger partial charge in [0.15, 0.2) is 5.76 Å². The van der Waals surface area contributed by atoms with Gasteiger partial charge in [-0.2, -0.15) is 0 Å². The van der Waals surface area contributed by atoms with Crippen molar-refractivity contribution in [2.24, 2.45) is 11.8 Å². The van der Waals surface area contributed by atoms with E-state index in [2.05, 4.69) is 21.2 Å². The molecule has 1 aromatic heterocycles. The minimum atomic E-state index is 0.0442. The molecule has 1 aromatic carbocycles. The SMILES string of the molecule is Cc1c(C(=O)N2CC[C@@H]3CNC[C@@H]3CC2)oc2ccc(Br)cc12. The van der Waals surface area contributed by atoms with Crippen molar-refractivity contribution in [2.45, 2.75) is 19.8 Å². The number of amides is 1. The molecule has 0 aliphatic carbocycles. The van der Waals surface area contributed by atoms with Gasteiger partial charge in [-0.15, -0.1) is 0 Å². The molecule has 3 heterocycles. The lowest BCUT2D eigenvalue weighted by Crippen LogP contribution is -2.32. The van der Waals surface area contributed by atoms with E-state index in [9.17, 15) is 4.79 Å². The Kier molecular flexibility index (Phi) is 3.93. The maximum atomic E-state index is 13.0. The summed E-state index contributed by atoms with van der Waals surface area (Å²) >= 11 is 3.48. The fraction of sp³-hybridized carbons (Fsp3) is 0.500. The van der Waals surface area contributed by atoms with Crippen LogP contribution in [-0.2, 0) is 0 Å². The van der Waals surface area contributed by atoms with Crippen molar-refractivity contribution in [1.82, 2.24) is 10.2 Å². The molecular weight excluding hydrogens is 356 g/mol. The van der Waals surface area contributed by atoms with Gasteiger partial charge in [0.05, 0.1) is 0 Å². The molecule has 2 aromatic rings. The summed E-state index contributed by atoms with van der Waals surface area (Å²) < 4.78 is 6.88. The predicted molar refractivity (Wildman–Crippen MR) is 93.6 cm³/mol. The molecule has 2 fully saturated rings. The molecule has 2 aliphatic heterocycles. The maximum Gasteiger partial charge on any atom is 0.289 e. The van der Waals surface area contributed by atoms with E-state index in [0.717, 1.165) is 71.9 Å². The second-order valence-electron chi connectivity index (χ2n) is 6.74. The number of benzene rings is 1. The van der Waals surface area contributed by atoms with Crippen molar-refractivity contribution in [3.63, 3.8) is 0 Å². The van der Waals surface area contributed by atoms with Crippen LogP contribution in [0.5, 0.6) is 0 Å². The Balaban J connectivity index is 1.60. The highest BCUT2D eigenvalue weighted by Crippen LogP contribution is 2.31. The van der Waals surface area contributed by atoms with Crippen molar-refractivity contribution in [2.75, 3.05) is 26.2 Å². The normalized spacial score (nSPS) is 24.7. The molecule has 1 amide bonds. The Labute approximate surface area is 144 Å². The van der Waals surface area contributed by atoms with Crippen LogP contribution in [0.25, 0.3) is 11.0 Å². The lowest BCUT2D eigenvalue weighted by Gasteiger charge is -2.20. The molecule has 1 N–H and O–H groups in total. The minimum Gasteiger partial charge on any atom is -0.451 e. The van der Waals surface area contributed by atoms with E-state index in [1.165, 1.54) is 0 Å². The Morgan fingerprint density at radius 1 is 1.26 bits per heavy atom. The molecule has 0 unspecified atom stereocenters. The number of rotatable bonds is 1. The van der Waals surface area contributed by atoms with Crippen LogP contribution in [0.2, 0.25) is 0 Å². The highest BCUT2D eigenvalue weighted by Gasteiger charge is 2.33. The highest BCUT2D eigenvalue weighted by atomic mass is 79.9. The molecule has 2 atom stereocenters. The molecule has 23 heavy (non-hydrogen) atoms. The van der Waals surface area contributed by atoms with Gasteiger partial charge in [0.1, 0.15) is 5.58 Å². The average Bonchev–Trinajstić information content (AvgIpc) is 3.06. The Bertz CT molecular complexity index is 741. The van der Waals surface area contributed by atoms with Crippen molar-refractivity contribution in [3.05, 3.63) is 34.0 Å². The van der Waals surface area contributed by atoms with E-state index in [-0.39, 0.29) is 5.91 Å². The molecule has 5 heteroatoms. The molecule has 2 saturated heterocycles. The number of furan rings is 1. The molecule has 0 bridgehead atoms. The van der Waals surface area contributed by atoms with E-state index < -0.39 is 0 Å². The van der Waals surface area contributed by atoms with Gasteiger partial charge >= 0.3 is 0 Å². The Morgan fingerprint density at radius 3 is 2.65 bits per heavy atom. The summed E-state index contributed by atoms with van der Waals surface area (Å²) in [6, 6.07) is 5.88. The molecule has 4 rings (SSSR count). The lowest BCUT2D eigenvalue weighted by atomic mass is 9.92. The third-order valence-corrected chi connectivity index (χ3v) is 5.89. The van der Waals surface area contributed by atoms with Gasteiger partial charge in [0.25, 0.3) is 5.91 Å². The van der Waals surface area contributed by atoms with Gasteiger partial charge in [-0.05, 0) is 62.9 Å². The second kappa shape index (κ2) is 5.95. The van der Waals surface area contributed by atoms with Crippen molar-refractivity contribution in [1.29, 1.82) is 0 Å². The van der Waals surface area contributed by atoms with E-state index in [1.54, 1.807) is 0 Å². The van der Waals surface area contributed by atoms with Crippen LogP contribution in [0.15, 0.2) is 27.1 Å². The monoisotopic (exact) mass is 376 g/mol. The number of hydrogen-bond donors (Lipinski definition) is 1. The van der Waals surface area contributed by atoms with Crippen LogP contribution in [0.4, 0.5) is 0 Å². The number of nitrogens with one attached hydrogen (secondary N) is 1. The Morgan fingerprint density at radius 2 is 1.96 bits per heavy atom. The maximum absolute atomic E-state index is 13.0. The zero-order valence-corrected chi connectivity index (χ0v) is 14.9. The number of fused-ring (bicyclic) bond motifs is 2. The van der Waals surface area contributed by atoms with Gasteiger partial charge in [0.2, 0.25) is 0 Å². The number of hydrogen-bond acceptors (Lipinski definition) is 3. The number of aryl methyl sites for hydroxylation is 1. The molecule has 2 aliphatic rings. The van der Waals surface area contributed by atoms with Crippen LogP contribution in [0.1, 0.15) is 29.0 Å². The van der Waals surface area contributed by atoms with Gasteiger partial charge in [0, 0.05) is 28.5 Å².